The zero-order valence-electron chi connectivity index (χ0n) is 18.1. The minimum Gasteiger partial charge on any atom is -0.322 e. The Bertz CT molecular complexity index is 988. The van der Waals surface area contributed by atoms with Crippen LogP contribution in [0.3, 0.4) is 0 Å². The Morgan fingerprint density at radius 3 is 2.72 bits per heavy atom. The third-order valence-corrected chi connectivity index (χ3v) is 6.49. The first-order valence-electron chi connectivity index (χ1n) is 10.3. The van der Waals surface area contributed by atoms with Crippen molar-refractivity contribution in [2.75, 3.05) is 5.32 Å². The molecule has 0 unspecified atom stereocenters. The molecule has 3 rings (SSSR count). The molecule has 1 aliphatic rings. The zero-order valence-corrected chi connectivity index (χ0v) is 19.0. The molecule has 1 aromatic carbocycles. The number of aryl methyl sites for hydroxylation is 1. The monoisotopic (exact) mass is 405 g/mol. The highest BCUT2D eigenvalue weighted by atomic mass is 32.1. The topological polar surface area (TPSA) is 29.1 Å². The van der Waals surface area contributed by atoms with Gasteiger partial charge < -0.3 is 5.32 Å². The van der Waals surface area contributed by atoms with E-state index in [9.17, 15) is 4.79 Å². The van der Waals surface area contributed by atoms with Gasteiger partial charge in [0.05, 0.1) is 5.56 Å². The molecular formula is C26H31NOS. The summed E-state index contributed by atoms with van der Waals surface area (Å²) in [7, 11) is 0. The number of benzene rings is 1. The van der Waals surface area contributed by atoms with Crippen molar-refractivity contribution < 1.29 is 4.79 Å². The molecule has 0 fully saturated rings. The van der Waals surface area contributed by atoms with Gasteiger partial charge in [-0.05, 0) is 91.8 Å². The first kappa shape index (κ1) is 21.3. The average molecular weight is 406 g/mol. The fraction of sp³-hybridized carbons (Fsp3) is 0.346. The summed E-state index contributed by atoms with van der Waals surface area (Å²) in [4.78, 5) is 13.8. The van der Waals surface area contributed by atoms with Crippen molar-refractivity contribution in [2.45, 2.75) is 53.9 Å². The molecule has 29 heavy (non-hydrogen) atoms. The van der Waals surface area contributed by atoms with Crippen LogP contribution in [0.15, 0.2) is 64.6 Å². The van der Waals surface area contributed by atoms with Gasteiger partial charge >= 0.3 is 0 Å². The molecular weight excluding hydrogens is 374 g/mol. The Morgan fingerprint density at radius 2 is 2.00 bits per heavy atom. The minimum atomic E-state index is -0.0631. The molecule has 0 radical (unpaired) electrons. The number of amides is 1. The van der Waals surface area contributed by atoms with E-state index in [1.54, 1.807) is 11.3 Å². The Hall–Kier alpha value is -2.39. The highest BCUT2D eigenvalue weighted by Gasteiger charge is 2.26. The van der Waals surface area contributed by atoms with Crippen LogP contribution in [0.2, 0.25) is 0 Å². The van der Waals surface area contributed by atoms with Crippen molar-refractivity contribution in [1.29, 1.82) is 0 Å². The molecule has 1 aliphatic carbocycles. The van der Waals surface area contributed by atoms with Crippen LogP contribution in [0.25, 0.3) is 6.08 Å². The molecule has 1 heterocycles. The molecule has 0 atom stereocenters. The van der Waals surface area contributed by atoms with Crippen molar-refractivity contribution >= 4 is 29.0 Å². The lowest BCUT2D eigenvalue weighted by molar-refractivity contribution is 0.102. The van der Waals surface area contributed by atoms with E-state index in [4.69, 9.17) is 0 Å². The first-order chi connectivity index (χ1) is 13.8. The Morgan fingerprint density at radius 1 is 1.21 bits per heavy atom. The van der Waals surface area contributed by atoms with Gasteiger partial charge in [0.15, 0.2) is 0 Å². The molecule has 2 nitrogen and oxygen atoms in total. The highest BCUT2D eigenvalue weighted by molar-refractivity contribution is 7.11. The maximum absolute atomic E-state index is 12.8. The van der Waals surface area contributed by atoms with Gasteiger partial charge in [0.25, 0.3) is 5.91 Å². The molecule has 0 spiro atoms. The Balaban J connectivity index is 1.77. The molecule has 1 N–H and O–H groups in total. The SMILES string of the molecule is CC1=C(C=C/C(C)=C/c2sccc2C(=O)Nc2cccc(C)c2)C(C)(C)CCC1. The summed E-state index contributed by atoms with van der Waals surface area (Å²) in [5, 5.41) is 4.99. The second-order valence-corrected chi connectivity index (χ2v) is 9.62. The number of hydrogen-bond donors (Lipinski definition) is 1. The summed E-state index contributed by atoms with van der Waals surface area (Å²) in [6.07, 6.45) is 10.3. The summed E-state index contributed by atoms with van der Waals surface area (Å²) in [6, 6.07) is 9.78. The molecule has 2 aromatic rings. The van der Waals surface area contributed by atoms with Crippen LogP contribution in [0.4, 0.5) is 5.69 Å². The lowest BCUT2D eigenvalue weighted by Crippen LogP contribution is -2.19. The van der Waals surface area contributed by atoms with Crippen LogP contribution in [0.1, 0.15) is 67.8 Å². The van der Waals surface area contributed by atoms with Gasteiger partial charge in [-0.3, -0.25) is 4.79 Å². The molecule has 0 saturated carbocycles. The summed E-state index contributed by atoms with van der Waals surface area (Å²) in [6.45, 7) is 11.1. The number of carbonyl (C=O) groups is 1. The number of thiophene rings is 1. The highest BCUT2D eigenvalue weighted by Crippen LogP contribution is 2.40. The van der Waals surface area contributed by atoms with Crippen molar-refractivity contribution in [3.8, 4) is 0 Å². The van der Waals surface area contributed by atoms with E-state index in [-0.39, 0.29) is 11.3 Å². The number of carbonyl (C=O) groups excluding carboxylic acids is 1. The minimum absolute atomic E-state index is 0.0631. The van der Waals surface area contributed by atoms with Gasteiger partial charge in [-0.25, -0.2) is 0 Å². The van der Waals surface area contributed by atoms with Gasteiger partial charge in [0.2, 0.25) is 0 Å². The smallest absolute Gasteiger partial charge is 0.257 e. The Labute approximate surface area is 179 Å². The van der Waals surface area contributed by atoms with Crippen molar-refractivity contribution in [3.63, 3.8) is 0 Å². The van der Waals surface area contributed by atoms with Gasteiger partial charge in [-0.15, -0.1) is 11.3 Å². The number of allylic oxidation sites excluding steroid dienone is 5. The second kappa shape index (κ2) is 8.96. The molecule has 1 aromatic heterocycles. The quantitative estimate of drug-likeness (QED) is 0.505. The van der Waals surface area contributed by atoms with Crippen LogP contribution in [-0.2, 0) is 0 Å². The zero-order chi connectivity index (χ0) is 21.0. The van der Waals surface area contributed by atoms with Gasteiger partial charge in [0, 0.05) is 10.6 Å². The van der Waals surface area contributed by atoms with E-state index in [2.05, 4.69) is 51.2 Å². The van der Waals surface area contributed by atoms with Crippen LogP contribution in [0.5, 0.6) is 0 Å². The van der Waals surface area contributed by atoms with E-state index in [1.807, 2.05) is 42.6 Å². The fourth-order valence-corrected chi connectivity index (χ4v) is 4.91. The first-order valence-corrected chi connectivity index (χ1v) is 11.2. The Kier molecular flexibility index (Phi) is 6.59. The number of anilines is 1. The van der Waals surface area contributed by atoms with Crippen LogP contribution in [0, 0.1) is 12.3 Å². The standard InChI is InChI=1S/C26H31NOS/c1-18-8-6-10-21(16-18)27-25(28)22-13-15-29-24(22)17-19(2)11-12-23-20(3)9-7-14-26(23,4)5/h6,8,10-13,15-17H,7,9,14H2,1-5H3,(H,27,28)/b12-11?,19-17+. The summed E-state index contributed by atoms with van der Waals surface area (Å²) < 4.78 is 0. The van der Waals surface area contributed by atoms with Crippen LogP contribution < -0.4 is 5.32 Å². The molecule has 0 saturated heterocycles. The third-order valence-electron chi connectivity index (χ3n) is 5.63. The molecule has 0 bridgehead atoms. The fourth-order valence-electron chi connectivity index (χ4n) is 4.02. The average Bonchev–Trinajstić information content (AvgIpc) is 3.09. The van der Waals surface area contributed by atoms with Crippen molar-refractivity contribution in [3.05, 3.63) is 80.6 Å². The summed E-state index contributed by atoms with van der Waals surface area (Å²) in [5.74, 6) is -0.0631. The summed E-state index contributed by atoms with van der Waals surface area (Å²) >= 11 is 1.60. The molecule has 152 valence electrons. The maximum atomic E-state index is 12.8. The van der Waals surface area contributed by atoms with Gasteiger partial charge in [-0.1, -0.05) is 43.7 Å². The lowest BCUT2D eigenvalue weighted by atomic mass is 9.72. The second-order valence-electron chi connectivity index (χ2n) is 8.68. The molecule has 1 amide bonds. The lowest BCUT2D eigenvalue weighted by Gasteiger charge is -2.32. The number of nitrogens with one attached hydrogen (secondary N) is 1. The van der Waals surface area contributed by atoms with Gasteiger partial charge in [-0.2, -0.15) is 0 Å². The van der Waals surface area contributed by atoms with Crippen LogP contribution >= 0.6 is 11.3 Å². The number of hydrogen-bond acceptors (Lipinski definition) is 2. The predicted octanol–water partition coefficient (Wildman–Crippen LogP) is 7.79. The normalized spacial score (nSPS) is 17.1. The van der Waals surface area contributed by atoms with E-state index in [0.29, 0.717) is 0 Å². The van der Waals surface area contributed by atoms with E-state index < -0.39 is 0 Å². The summed E-state index contributed by atoms with van der Waals surface area (Å²) in [5.41, 5.74) is 7.02. The van der Waals surface area contributed by atoms with Crippen molar-refractivity contribution in [2.24, 2.45) is 5.41 Å². The van der Waals surface area contributed by atoms with E-state index in [1.165, 1.54) is 30.4 Å². The molecule has 3 heteroatoms. The third kappa shape index (κ3) is 5.36. The van der Waals surface area contributed by atoms with Crippen LogP contribution in [-0.4, -0.2) is 5.91 Å². The van der Waals surface area contributed by atoms with E-state index >= 15 is 0 Å². The number of rotatable bonds is 5. The van der Waals surface area contributed by atoms with E-state index in [0.717, 1.165) is 27.3 Å². The predicted molar refractivity (Wildman–Crippen MR) is 127 cm³/mol. The van der Waals surface area contributed by atoms with Gasteiger partial charge in [0.1, 0.15) is 0 Å². The largest absolute Gasteiger partial charge is 0.322 e. The maximum Gasteiger partial charge on any atom is 0.257 e. The molecule has 0 aliphatic heterocycles. The van der Waals surface area contributed by atoms with Crippen molar-refractivity contribution in [1.82, 2.24) is 0 Å².